The minimum atomic E-state index is -0.314. The number of halogens is 1. The van der Waals surface area contributed by atoms with Crippen LogP contribution in [0.2, 0.25) is 0 Å². The van der Waals surface area contributed by atoms with Gasteiger partial charge in [0.15, 0.2) is 5.71 Å². The Morgan fingerprint density at radius 3 is 2.17 bits per heavy atom. The van der Waals surface area contributed by atoms with Crippen LogP contribution in [0.1, 0.15) is 42.3 Å². The zero-order valence-corrected chi connectivity index (χ0v) is 22.5. The quantitative estimate of drug-likeness (QED) is 0.365. The SMILES string of the molecule is CCOc1ccc(N(C)c2ccc(/C=C/C3=[N+](C)c4ccc(C(=O)OC)cc4C3(C)C)cc2)cc1.[Cl-]. The van der Waals surface area contributed by atoms with E-state index in [4.69, 9.17) is 9.47 Å². The number of carbonyl (C=O) groups excluding carboxylic acids is 1. The highest BCUT2D eigenvalue weighted by Gasteiger charge is 2.43. The zero-order valence-electron chi connectivity index (χ0n) is 21.7. The van der Waals surface area contributed by atoms with Gasteiger partial charge in [0.05, 0.1) is 24.7 Å². The summed E-state index contributed by atoms with van der Waals surface area (Å²) in [6, 6.07) is 22.4. The number of carbonyl (C=O) groups is 1. The van der Waals surface area contributed by atoms with Gasteiger partial charge < -0.3 is 26.8 Å². The molecule has 0 atom stereocenters. The van der Waals surface area contributed by atoms with Crippen LogP contribution >= 0.6 is 0 Å². The van der Waals surface area contributed by atoms with E-state index in [1.807, 2.05) is 37.3 Å². The molecule has 3 aromatic rings. The van der Waals surface area contributed by atoms with E-state index in [1.165, 1.54) is 12.8 Å². The van der Waals surface area contributed by atoms with Gasteiger partial charge in [0.2, 0.25) is 5.69 Å². The molecule has 1 heterocycles. The Morgan fingerprint density at radius 2 is 1.58 bits per heavy atom. The molecule has 1 aliphatic rings. The van der Waals surface area contributed by atoms with Gasteiger partial charge in [0.25, 0.3) is 0 Å². The van der Waals surface area contributed by atoms with E-state index >= 15 is 0 Å². The Morgan fingerprint density at radius 1 is 0.972 bits per heavy atom. The van der Waals surface area contributed by atoms with Crippen LogP contribution in [-0.2, 0) is 10.2 Å². The number of rotatable bonds is 7. The number of ether oxygens (including phenoxy) is 2. The Kier molecular flexibility index (Phi) is 8.26. The molecular weight excluding hydrogens is 472 g/mol. The van der Waals surface area contributed by atoms with E-state index < -0.39 is 0 Å². The Balaban J connectivity index is 0.00000361. The Labute approximate surface area is 220 Å². The summed E-state index contributed by atoms with van der Waals surface area (Å²) in [6.45, 7) is 7.02. The lowest BCUT2D eigenvalue weighted by Crippen LogP contribution is -3.00. The molecule has 0 bridgehead atoms. The van der Waals surface area contributed by atoms with Gasteiger partial charge in [-0.3, -0.25) is 0 Å². The average molecular weight is 505 g/mol. The van der Waals surface area contributed by atoms with E-state index in [1.54, 1.807) is 0 Å². The molecule has 0 unspecified atom stereocenters. The van der Waals surface area contributed by atoms with Crippen molar-refractivity contribution < 1.29 is 31.3 Å². The number of nitrogens with zero attached hydrogens (tertiary/aromatic N) is 2. The molecule has 0 aromatic heterocycles. The number of anilines is 2. The topological polar surface area (TPSA) is 41.8 Å². The highest BCUT2D eigenvalue weighted by Crippen LogP contribution is 2.40. The smallest absolute Gasteiger partial charge is 0.337 e. The second-order valence-electron chi connectivity index (χ2n) is 9.20. The molecule has 0 fully saturated rings. The molecule has 5 nitrogen and oxygen atoms in total. The van der Waals surface area contributed by atoms with Gasteiger partial charge in [0, 0.05) is 36.1 Å². The fraction of sp³-hybridized carbons (Fsp3) is 0.267. The first-order chi connectivity index (χ1) is 16.8. The number of benzene rings is 3. The van der Waals surface area contributed by atoms with Crippen molar-refractivity contribution in [2.45, 2.75) is 26.2 Å². The summed E-state index contributed by atoms with van der Waals surface area (Å²) in [4.78, 5) is 14.2. The molecule has 0 aliphatic carbocycles. The first-order valence-electron chi connectivity index (χ1n) is 11.8. The van der Waals surface area contributed by atoms with Crippen molar-refractivity contribution in [1.29, 1.82) is 0 Å². The number of allylic oxidation sites excluding steroid dienone is 1. The fourth-order valence-electron chi connectivity index (χ4n) is 4.65. The van der Waals surface area contributed by atoms with E-state index in [-0.39, 0.29) is 23.8 Å². The summed E-state index contributed by atoms with van der Waals surface area (Å²) in [5, 5.41) is 0. The summed E-state index contributed by atoms with van der Waals surface area (Å²) in [7, 11) is 5.54. The minimum absolute atomic E-state index is 0. The summed E-state index contributed by atoms with van der Waals surface area (Å²) in [5.41, 5.74) is 7.07. The first kappa shape index (κ1) is 27.0. The van der Waals surface area contributed by atoms with Gasteiger partial charge >= 0.3 is 5.97 Å². The monoisotopic (exact) mass is 504 g/mol. The molecule has 0 radical (unpaired) electrons. The third-order valence-electron chi connectivity index (χ3n) is 6.70. The second kappa shape index (κ2) is 11.0. The summed E-state index contributed by atoms with van der Waals surface area (Å²) >= 11 is 0. The van der Waals surface area contributed by atoms with Crippen LogP contribution in [0.15, 0.2) is 72.8 Å². The van der Waals surface area contributed by atoms with Crippen LogP contribution < -0.4 is 22.0 Å². The first-order valence-corrected chi connectivity index (χ1v) is 11.8. The molecule has 6 heteroatoms. The lowest BCUT2D eigenvalue weighted by atomic mass is 9.80. The van der Waals surface area contributed by atoms with Crippen molar-refractivity contribution in [2.24, 2.45) is 0 Å². The predicted molar refractivity (Wildman–Crippen MR) is 143 cm³/mol. The van der Waals surface area contributed by atoms with E-state index in [2.05, 4.69) is 86.0 Å². The van der Waals surface area contributed by atoms with Crippen LogP contribution in [0.25, 0.3) is 6.08 Å². The van der Waals surface area contributed by atoms with Crippen molar-refractivity contribution in [2.75, 3.05) is 32.7 Å². The van der Waals surface area contributed by atoms with Gasteiger partial charge in [0.1, 0.15) is 12.8 Å². The lowest BCUT2D eigenvalue weighted by Gasteiger charge is -2.20. The third-order valence-corrected chi connectivity index (χ3v) is 6.70. The third kappa shape index (κ3) is 5.17. The van der Waals surface area contributed by atoms with Gasteiger partial charge in [-0.25, -0.2) is 4.79 Å². The highest BCUT2D eigenvalue weighted by molar-refractivity contribution is 6.06. The summed E-state index contributed by atoms with van der Waals surface area (Å²) in [5.74, 6) is 0.566. The van der Waals surface area contributed by atoms with Crippen molar-refractivity contribution in [3.63, 3.8) is 0 Å². The van der Waals surface area contributed by atoms with Crippen LogP contribution in [-0.4, -0.2) is 44.1 Å². The van der Waals surface area contributed by atoms with E-state index in [0.717, 1.165) is 33.9 Å². The largest absolute Gasteiger partial charge is 1.00 e. The maximum atomic E-state index is 12.0. The van der Waals surface area contributed by atoms with Gasteiger partial charge in [-0.15, -0.1) is 0 Å². The van der Waals surface area contributed by atoms with Crippen molar-refractivity contribution >= 4 is 34.8 Å². The molecular formula is C30H33ClN2O3. The van der Waals surface area contributed by atoms with Crippen LogP contribution in [0.4, 0.5) is 17.1 Å². The number of methoxy groups -OCH3 is 1. The molecule has 0 spiro atoms. The highest BCUT2D eigenvalue weighted by atomic mass is 35.5. The Bertz CT molecular complexity index is 1290. The Hall–Kier alpha value is -3.57. The summed E-state index contributed by atoms with van der Waals surface area (Å²) < 4.78 is 12.6. The maximum Gasteiger partial charge on any atom is 0.337 e. The molecule has 36 heavy (non-hydrogen) atoms. The lowest BCUT2D eigenvalue weighted by molar-refractivity contribution is -0.401. The normalized spacial score (nSPS) is 13.8. The van der Waals surface area contributed by atoms with Crippen molar-refractivity contribution in [3.8, 4) is 5.75 Å². The average Bonchev–Trinajstić information content (AvgIpc) is 3.07. The maximum absolute atomic E-state index is 12.0. The molecule has 1 aliphatic heterocycles. The summed E-state index contributed by atoms with van der Waals surface area (Å²) in [6.07, 6.45) is 4.31. The molecule has 188 valence electrons. The van der Waals surface area contributed by atoms with Crippen LogP contribution in [0, 0.1) is 0 Å². The molecule has 0 N–H and O–H groups in total. The zero-order chi connectivity index (χ0) is 25.2. The van der Waals surface area contributed by atoms with Gasteiger partial charge in [-0.2, -0.15) is 4.58 Å². The fourth-order valence-corrected chi connectivity index (χ4v) is 4.65. The molecule has 3 aromatic carbocycles. The van der Waals surface area contributed by atoms with Crippen molar-refractivity contribution in [3.05, 3.63) is 89.5 Å². The van der Waals surface area contributed by atoms with Crippen molar-refractivity contribution in [1.82, 2.24) is 0 Å². The van der Waals surface area contributed by atoms with Crippen LogP contribution in [0.3, 0.4) is 0 Å². The second-order valence-corrected chi connectivity index (χ2v) is 9.20. The number of hydrogen-bond donors (Lipinski definition) is 0. The van der Waals surface area contributed by atoms with E-state index in [0.29, 0.717) is 12.2 Å². The molecule has 0 saturated carbocycles. The van der Waals surface area contributed by atoms with Gasteiger partial charge in [-0.05, 0) is 80.9 Å². The number of fused-ring (bicyclic) bond motifs is 1. The standard InChI is InChI=1S/C30H33N2O3.ClH/c1-7-35-25-16-14-24(15-17-25)31(4)23-12-8-21(9-13-23)10-19-28-30(2,3)26-20-22(29(33)34-6)11-18-27(26)32(28)5;/h8-20H,7H2,1-6H3;1H/q+1;/p-1. The van der Waals surface area contributed by atoms with Crippen LogP contribution in [0.5, 0.6) is 5.75 Å². The van der Waals surface area contributed by atoms with E-state index in [9.17, 15) is 4.79 Å². The molecule has 0 amide bonds. The van der Waals surface area contributed by atoms with Gasteiger partial charge in [-0.1, -0.05) is 12.1 Å². The number of hydrogen-bond acceptors (Lipinski definition) is 4. The minimum Gasteiger partial charge on any atom is -1.00 e. The molecule has 4 rings (SSSR count). The molecule has 0 saturated heterocycles. The number of esters is 1. The predicted octanol–water partition coefficient (Wildman–Crippen LogP) is 3.36.